The van der Waals surface area contributed by atoms with Crippen molar-refractivity contribution >= 4 is 34.1 Å². The molecule has 0 aliphatic carbocycles. The summed E-state index contributed by atoms with van der Waals surface area (Å²) in [6, 6.07) is 8.11. The highest BCUT2D eigenvalue weighted by atomic mass is 32.1. The Hall–Kier alpha value is -2.67. The fourth-order valence-electron chi connectivity index (χ4n) is 2.14. The van der Waals surface area contributed by atoms with E-state index in [0.29, 0.717) is 27.7 Å². The number of anilines is 1. The number of amides is 2. The van der Waals surface area contributed by atoms with Crippen LogP contribution in [-0.2, 0) is 4.79 Å². The van der Waals surface area contributed by atoms with Gasteiger partial charge in [-0.3, -0.25) is 9.59 Å². The van der Waals surface area contributed by atoms with Crippen LogP contribution in [0.3, 0.4) is 0 Å². The van der Waals surface area contributed by atoms with Gasteiger partial charge in [0.05, 0.1) is 5.00 Å². The van der Waals surface area contributed by atoms with Gasteiger partial charge in [-0.1, -0.05) is 20.8 Å². The second-order valence-corrected chi connectivity index (χ2v) is 8.15. The summed E-state index contributed by atoms with van der Waals surface area (Å²) >= 11 is 1.18. The second-order valence-electron chi connectivity index (χ2n) is 7.10. The van der Waals surface area contributed by atoms with E-state index < -0.39 is 11.4 Å². The standard InChI is InChI=1S/C20H24N2O4S/c1-6-21-17(23)13-7-9-14(10-8-13)26-18(24)16-12(2)11-15(27-16)22-19(25)20(3,4)5/h7-11H,6H2,1-5H3,(H,21,23)(H,22,25). The van der Waals surface area contributed by atoms with E-state index in [0.717, 1.165) is 5.56 Å². The molecule has 0 atom stereocenters. The van der Waals surface area contributed by atoms with Gasteiger partial charge in [0.1, 0.15) is 10.6 Å². The molecule has 144 valence electrons. The zero-order valence-electron chi connectivity index (χ0n) is 16.1. The maximum atomic E-state index is 12.4. The highest BCUT2D eigenvalue weighted by Gasteiger charge is 2.23. The van der Waals surface area contributed by atoms with E-state index in [1.807, 2.05) is 27.7 Å². The predicted octanol–water partition coefficient (Wildman–Crippen LogP) is 4.01. The minimum atomic E-state index is -0.523. The van der Waals surface area contributed by atoms with E-state index in [2.05, 4.69) is 10.6 Å². The first-order chi connectivity index (χ1) is 12.6. The largest absolute Gasteiger partial charge is 0.422 e. The normalized spacial score (nSPS) is 11.0. The van der Waals surface area contributed by atoms with Crippen molar-refractivity contribution in [2.45, 2.75) is 34.6 Å². The number of carbonyl (C=O) groups is 3. The Labute approximate surface area is 162 Å². The Kier molecular flexibility index (Phi) is 6.38. The molecule has 0 bridgehead atoms. The molecule has 1 heterocycles. The minimum absolute atomic E-state index is 0.121. The zero-order chi connectivity index (χ0) is 20.2. The second kappa shape index (κ2) is 8.35. The van der Waals surface area contributed by atoms with Gasteiger partial charge in [-0.05, 0) is 49.7 Å². The van der Waals surface area contributed by atoms with Gasteiger partial charge in [0.25, 0.3) is 5.91 Å². The van der Waals surface area contributed by atoms with Crippen LogP contribution in [0.1, 0.15) is 53.3 Å². The third kappa shape index (κ3) is 5.40. The molecule has 2 N–H and O–H groups in total. The Balaban J connectivity index is 2.08. The van der Waals surface area contributed by atoms with Crippen LogP contribution >= 0.6 is 11.3 Å². The fraction of sp³-hybridized carbons (Fsp3) is 0.350. The Bertz CT molecular complexity index is 848. The number of ether oxygens (including phenoxy) is 1. The van der Waals surface area contributed by atoms with E-state index in [1.165, 1.54) is 11.3 Å². The monoisotopic (exact) mass is 388 g/mol. The lowest BCUT2D eigenvalue weighted by Gasteiger charge is -2.16. The van der Waals surface area contributed by atoms with Gasteiger partial charge in [-0.25, -0.2) is 4.79 Å². The molecule has 0 aliphatic rings. The summed E-state index contributed by atoms with van der Waals surface area (Å²) in [6.45, 7) is 9.64. The summed E-state index contributed by atoms with van der Waals surface area (Å²) in [4.78, 5) is 36.7. The van der Waals surface area contributed by atoms with Crippen LogP contribution < -0.4 is 15.4 Å². The van der Waals surface area contributed by atoms with E-state index in [4.69, 9.17) is 4.74 Å². The molecule has 0 unspecified atom stereocenters. The molecule has 2 aromatic rings. The van der Waals surface area contributed by atoms with Crippen LogP contribution in [-0.4, -0.2) is 24.3 Å². The van der Waals surface area contributed by atoms with E-state index in [1.54, 1.807) is 37.3 Å². The summed E-state index contributed by atoms with van der Waals surface area (Å²) in [5, 5.41) is 6.13. The fourth-order valence-corrected chi connectivity index (χ4v) is 3.08. The number of thiophene rings is 1. The molecule has 1 aromatic carbocycles. The number of hydrogen-bond acceptors (Lipinski definition) is 5. The third-order valence-corrected chi connectivity index (χ3v) is 4.82. The summed E-state index contributed by atoms with van der Waals surface area (Å²) in [5.41, 5.74) is 0.703. The summed E-state index contributed by atoms with van der Waals surface area (Å²) < 4.78 is 5.39. The van der Waals surface area contributed by atoms with E-state index in [9.17, 15) is 14.4 Å². The van der Waals surface area contributed by atoms with Crippen LogP contribution in [0.15, 0.2) is 30.3 Å². The average molecular weight is 388 g/mol. The van der Waals surface area contributed by atoms with Crippen molar-refractivity contribution in [1.29, 1.82) is 0 Å². The van der Waals surface area contributed by atoms with Crippen LogP contribution in [0.2, 0.25) is 0 Å². The molecule has 6 nitrogen and oxygen atoms in total. The lowest BCUT2D eigenvalue weighted by molar-refractivity contribution is -0.123. The van der Waals surface area contributed by atoms with Crippen molar-refractivity contribution < 1.29 is 19.1 Å². The van der Waals surface area contributed by atoms with Crippen molar-refractivity contribution in [2.75, 3.05) is 11.9 Å². The Morgan fingerprint density at radius 1 is 1.11 bits per heavy atom. The predicted molar refractivity (Wildman–Crippen MR) is 107 cm³/mol. The maximum Gasteiger partial charge on any atom is 0.354 e. The van der Waals surface area contributed by atoms with E-state index in [-0.39, 0.29) is 11.8 Å². The topological polar surface area (TPSA) is 84.5 Å². The first-order valence-corrected chi connectivity index (χ1v) is 9.45. The molecule has 0 aliphatic heterocycles. The number of nitrogens with one attached hydrogen (secondary N) is 2. The van der Waals surface area contributed by atoms with Crippen LogP contribution in [0.25, 0.3) is 0 Å². The molecular formula is C20H24N2O4S. The van der Waals surface area contributed by atoms with Gasteiger partial charge >= 0.3 is 5.97 Å². The van der Waals surface area contributed by atoms with Crippen LogP contribution in [0, 0.1) is 12.3 Å². The molecular weight excluding hydrogens is 364 g/mol. The van der Waals surface area contributed by atoms with Crippen molar-refractivity contribution in [3.8, 4) is 5.75 Å². The molecule has 0 saturated heterocycles. The first-order valence-electron chi connectivity index (χ1n) is 8.64. The number of hydrogen-bond donors (Lipinski definition) is 2. The lowest BCUT2D eigenvalue weighted by atomic mass is 9.96. The van der Waals surface area contributed by atoms with E-state index >= 15 is 0 Å². The number of aryl methyl sites for hydroxylation is 1. The number of rotatable bonds is 5. The third-order valence-electron chi connectivity index (χ3n) is 3.69. The smallest absolute Gasteiger partial charge is 0.354 e. The molecule has 7 heteroatoms. The number of esters is 1. The van der Waals surface area contributed by atoms with Gasteiger partial charge in [-0.2, -0.15) is 0 Å². The zero-order valence-corrected chi connectivity index (χ0v) is 17.0. The molecule has 0 fully saturated rings. The quantitative estimate of drug-likeness (QED) is 0.599. The molecule has 2 amide bonds. The maximum absolute atomic E-state index is 12.4. The van der Waals surface area contributed by atoms with Crippen molar-refractivity contribution in [3.05, 3.63) is 46.3 Å². The van der Waals surface area contributed by atoms with Crippen LogP contribution in [0.5, 0.6) is 5.75 Å². The Morgan fingerprint density at radius 3 is 2.30 bits per heavy atom. The van der Waals surface area contributed by atoms with Gasteiger partial charge in [0, 0.05) is 17.5 Å². The minimum Gasteiger partial charge on any atom is -0.422 e. The molecule has 0 radical (unpaired) electrons. The van der Waals surface area contributed by atoms with Crippen molar-refractivity contribution in [2.24, 2.45) is 5.41 Å². The Morgan fingerprint density at radius 2 is 1.74 bits per heavy atom. The summed E-state index contributed by atoms with van der Waals surface area (Å²) in [6.07, 6.45) is 0. The highest BCUT2D eigenvalue weighted by Crippen LogP contribution is 2.29. The van der Waals surface area contributed by atoms with Crippen molar-refractivity contribution in [1.82, 2.24) is 5.32 Å². The highest BCUT2D eigenvalue weighted by molar-refractivity contribution is 7.18. The number of benzene rings is 1. The molecule has 27 heavy (non-hydrogen) atoms. The summed E-state index contributed by atoms with van der Waals surface area (Å²) in [7, 11) is 0. The van der Waals surface area contributed by atoms with Crippen molar-refractivity contribution in [3.63, 3.8) is 0 Å². The van der Waals surface area contributed by atoms with Gasteiger partial charge in [-0.15, -0.1) is 11.3 Å². The molecule has 0 spiro atoms. The van der Waals surface area contributed by atoms with Crippen LogP contribution in [0.4, 0.5) is 5.00 Å². The lowest BCUT2D eigenvalue weighted by Crippen LogP contribution is -2.27. The average Bonchev–Trinajstić information content (AvgIpc) is 2.95. The molecule has 2 rings (SSSR count). The van der Waals surface area contributed by atoms with Gasteiger partial charge < -0.3 is 15.4 Å². The first kappa shape index (κ1) is 20.6. The van der Waals surface area contributed by atoms with Gasteiger partial charge in [0.2, 0.25) is 5.91 Å². The SMILES string of the molecule is CCNC(=O)c1ccc(OC(=O)c2sc(NC(=O)C(C)(C)C)cc2C)cc1. The molecule has 1 aromatic heterocycles. The summed E-state index contributed by atoms with van der Waals surface area (Å²) in [5.74, 6) is -0.450. The number of carbonyl (C=O) groups excluding carboxylic acids is 3. The molecule has 0 saturated carbocycles. The van der Waals surface area contributed by atoms with Gasteiger partial charge in [0.15, 0.2) is 0 Å².